The first-order valence-electron chi connectivity index (χ1n) is 7.27. The number of fused-ring (bicyclic) bond motifs is 1. The molecular formula is C17H11F3O6. The molecule has 2 aromatic rings. The summed E-state index contributed by atoms with van der Waals surface area (Å²) in [5, 5.41) is 0. The van der Waals surface area contributed by atoms with E-state index in [1.807, 2.05) is 0 Å². The predicted octanol–water partition coefficient (Wildman–Crippen LogP) is 3.35. The monoisotopic (exact) mass is 368 g/mol. The average Bonchev–Trinajstić information content (AvgIpc) is 3.06. The van der Waals surface area contributed by atoms with E-state index in [4.69, 9.17) is 14.2 Å². The summed E-state index contributed by atoms with van der Waals surface area (Å²) in [5.41, 5.74) is 0.258. The molecule has 0 fully saturated rings. The van der Waals surface area contributed by atoms with Crippen molar-refractivity contribution >= 4 is 11.8 Å². The first kappa shape index (κ1) is 17.6. The molecule has 0 aliphatic carbocycles. The van der Waals surface area contributed by atoms with E-state index in [1.165, 1.54) is 12.1 Å². The highest BCUT2D eigenvalue weighted by Crippen LogP contribution is 2.32. The lowest BCUT2D eigenvalue weighted by Gasteiger charge is -2.09. The summed E-state index contributed by atoms with van der Waals surface area (Å²) in [7, 11) is 0. The molecule has 2 aromatic carbocycles. The van der Waals surface area contributed by atoms with Gasteiger partial charge in [0.15, 0.2) is 23.9 Å². The van der Waals surface area contributed by atoms with E-state index < -0.39 is 30.5 Å². The van der Waals surface area contributed by atoms with Crippen LogP contribution in [0.2, 0.25) is 0 Å². The number of ketones is 1. The highest BCUT2D eigenvalue weighted by atomic mass is 19.4. The van der Waals surface area contributed by atoms with Crippen molar-refractivity contribution in [3.8, 4) is 17.2 Å². The maximum atomic E-state index is 12.1. The number of Topliss-reactive ketones (excluding diaryl/α,β-unsaturated/α-hetero) is 1. The van der Waals surface area contributed by atoms with E-state index in [0.29, 0.717) is 11.5 Å². The van der Waals surface area contributed by atoms with Crippen LogP contribution in [0.5, 0.6) is 17.2 Å². The Morgan fingerprint density at radius 1 is 0.962 bits per heavy atom. The van der Waals surface area contributed by atoms with Crippen LogP contribution in [-0.4, -0.2) is 31.5 Å². The van der Waals surface area contributed by atoms with Crippen LogP contribution in [0.25, 0.3) is 0 Å². The molecule has 0 spiro atoms. The van der Waals surface area contributed by atoms with Gasteiger partial charge in [-0.25, -0.2) is 4.79 Å². The largest absolute Gasteiger partial charge is 0.573 e. The van der Waals surface area contributed by atoms with Crippen molar-refractivity contribution in [3.63, 3.8) is 0 Å². The van der Waals surface area contributed by atoms with Gasteiger partial charge in [-0.1, -0.05) is 0 Å². The van der Waals surface area contributed by atoms with Gasteiger partial charge in [0.2, 0.25) is 6.79 Å². The minimum atomic E-state index is -4.82. The molecule has 1 aliphatic rings. The summed E-state index contributed by atoms with van der Waals surface area (Å²) in [6.07, 6.45) is -4.82. The Labute approximate surface area is 145 Å². The molecular weight excluding hydrogens is 357 g/mol. The molecule has 0 amide bonds. The van der Waals surface area contributed by atoms with Gasteiger partial charge in [0.25, 0.3) is 0 Å². The zero-order chi connectivity index (χ0) is 18.7. The second kappa shape index (κ2) is 6.95. The molecule has 6 nitrogen and oxygen atoms in total. The summed E-state index contributed by atoms with van der Waals surface area (Å²) in [4.78, 5) is 24.0. The molecule has 0 aromatic heterocycles. The van der Waals surface area contributed by atoms with Gasteiger partial charge >= 0.3 is 12.3 Å². The Kier molecular flexibility index (Phi) is 4.70. The van der Waals surface area contributed by atoms with Gasteiger partial charge in [0, 0.05) is 5.56 Å². The summed E-state index contributed by atoms with van der Waals surface area (Å²) in [5.74, 6) is -0.848. The standard InChI is InChI=1S/C17H11F3O6/c18-17(19,20)26-12-4-1-10(2-5-12)16(22)23-8-13(21)11-3-6-14-15(7-11)25-9-24-14/h1-7H,8-9H2. The Morgan fingerprint density at radius 2 is 1.62 bits per heavy atom. The van der Waals surface area contributed by atoms with E-state index in [0.717, 1.165) is 24.3 Å². The first-order chi connectivity index (χ1) is 12.3. The quantitative estimate of drug-likeness (QED) is 0.595. The van der Waals surface area contributed by atoms with Crippen LogP contribution in [0.4, 0.5) is 13.2 Å². The number of benzene rings is 2. The zero-order valence-corrected chi connectivity index (χ0v) is 13.0. The van der Waals surface area contributed by atoms with E-state index in [-0.39, 0.29) is 17.9 Å². The van der Waals surface area contributed by atoms with Gasteiger partial charge in [-0.15, -0.1) is 13.2 Å². The van der Waals surface area contributed by atoms with Gasteiger partial charge in [0.1, 0.15) is 5.75 Å². The molecule has 1 heterocycles. The molecule has 3 rings (SSSR count). The van der Waals surface area contributed by atoms with Crippen molar-refractivity contribution in [1.82, 2.24) is 0 Å². The third-order valence-electron chi connectivity index (χ3n) is 3.35. The zero-order valence-electron chi connectivity index (χ0n) is 13.0. The van der Waals surface area contributed by atoms with Gasteiger partial charge in [-0.05, 0) is 42.5 Å². The van der Waals surface area contributed by atoms with Crippen molar-refractivity contribution < 1.29 is 41.7 Å². The third kappa shape index (κ3) is 4.24. The molecule has 0 saturated carbocycles. The highest BCUT2D eigenvalue weighted by Gasteiger charge is 2.31. The second-order valence-electron chi connectivity index (χ2n) is 5.14. The van der Waals surface area contributed by atoms with Gasteiger partial charge in [-0.3, -0.25) is 4.79 Å². The van der Waals surface area contributed by atoms with Crippen LogP contribution in [0, 0.1) is 0 Å². The van der Waals surface area contributed by atoms with Crippen molar-refractivity contribution in [1.29, 1.82) is 0 Å². The van der Waals surface area contributed by atoms with Crippen LogP contribution in [0.1, 0.15) is 20.7 Å². The van der Waals surface area contributed by atoms with Crippen LogP contribution in [-0.2, 0) is 4.74 Å². The smallest absolute Gasteiger partial charge is 0.454 e. The average molecular weight is 368 g/mol. The number of hydrogen-bond acceptors (Lipinski definition) is 6. The molecule has 0 radical (unpaired) electrons. The third-order valence-corrected chi connectivity index (χ3v) is 3.35. The summed E-state index contributed by atoms with van der Waals surface area (Å²) >= 11 is 0. The van der Waals surface area contributed by atoms with Crippen molar-refractivity contribution in [2.75, 3.05) is 13.4 Å². The fourth-order valence-electron chi connectivity index (χ4n) is 2.16. The van der Waals surface area contributed by atoms with Crippen molar-refractivity contribution in [2.24, 2.45) is 0 Å². The summed E-state index contributed by atoms with van der Waals surface area (Å²) in [6, 6.07) is 8.71. The molecule has 26 heavy (non-hydrogen) atoms. The fourth-order valence-corrected chi connectivity index (χ4v) is 2.16. The summed E-state index contributed by atoms with van der Waals surface area (Å²) in [6.45, 7) is -0.463. The number of esters is 1. The Morgan fingerprint density at radius 3 is 2.31 bits per heavy atom. The lowest BCUT2D eigenvalue weighted by atomic mass is 10.1. The van der Waals surface area contributed by atoms with Crippen LogP contribution >= 0.6 is 0 Å². The molecule has 0 unspecified atom stereocenters. The lowest BCUT2D eigenvalue weighted by Crippen LogP contribution is -2.17. The molecule has 9 heteroatoms. The number of alkyl halides is 3. The first-order valence-corrected chi connectivity index (χ1v) is 7.27. The number of carbonyl (C=O) groups is 2. The van der Waals surface area contributed by atoms with Gasteiger partial charge in [-0.2, -0.15) is 0 Å². The van der Waals surface area contributed by atoms with Gasteiger partial charge in [0.05, 0.1) is 5.56 Å². The molecule has 0 bridgehead atoms. The van der Waals surface area contributed by atoms with E-state index in [9.17, 15) is 22.8 Å². The molecule has 0 N–H and O–H groups in total. The Bertz CT molecular complexity index is 829. The van der Waals surface area contributed by atoms with Crippen molar-refractivity contribution in [2.45, 2.75) is 6.36 Å². The topological polar surface area (TPSA) is 71.1 Å². The normalized spacial score (nSPS) is 12.6. The van der Waals surface area contributed by atoms with Gasteiger partial charge < -0.3 is 18.9 Å². The predicted molar refractivity (Wildman–Crippen MR) is 80.3 cm³/mol. The maximum absolute atomic E-state index is 12.1. The molecule has 0 saturated heterocycles. The number of halogens is 3. The van der Waals surface area contributed by atoms with Crippen LogP contribution in [0.15, 0.2) is 42.5 Å². The Balaban J connectivity index is 1.57. The minimum absolute atomic E-state index is 0.0157. The minimum Gasteiger partial charge on any atom is -0.454 e. The van der Waals surface area contributed by atoms with E-state index in [2.05, 4.69) is 4.74 Å². The molecule has 1 aliphatic heterocycles. The number of hydrogen-bond donors (Lipinski definition) is 0. The number of rotatable bonds is 5. The lowest BCUT2D eigenvalue weighted by molar-refractivity contribution is -0.274. The number of ether oxygens (including phenoxy) is 4. The molecule has 136 valence electrons. The summed E-state index contributed by atoms with van der Waals surface area (Å²) < 4.78 is 55.1. The highest BCUT2D eigenvalue weighted by molar-refractivity contribution is 5.99. The maximum Gasteiger partial charge on any atom is 0.573 e. The fraction of sp³-hybridized carbons (Fsp3) is 0.176. The van der Waals surface area contributed by atoms with E-state index in [1.54, 1.807) is 6.07 Å². The Hall–Kier alpha value is -3.23. The second-order valence-corrected chi connectivity index (χ2v) is 5.14. The SMILES string of the molecule is O=C(COC(=O)c1ccc(OC(F)(F)F)cc1)c1ccc2c(c1)OCO2. The van der Waals surface area contributed by atoms with E-state index >= 15 is 0 Å². The molecule has 0 atom stereocenters. The van der Waals surface area contributed by atoms with Crippen LogP contribution in [0.3, 0.4) is 0 Å². The van der Waals surface area contributed by atoms with Crippen LogP contribution < -0.4 is 14.2 Å². The number of carbonyl (C=O) groups excluding carboxylic acids is 2. The van der Waals surface area contributed by atoms with Crippen molar-refractivity contribution in [3.05, 3.63) is 53.6 Å².